The number of amides is 1. The lowest BCUT2D eigenvalue weighted by Gasteiger charge is -2.27. The lowest BCUT2D eigenvalue weighted by molar-refractivity contribution is -0.497. The first-order chi connectivity index (χ1) is 15.4. The Morgan fingerprint density at radius 1 is 1.27 bits per heavy atom. The van der Waals surface area contributed by atoms with E-state index in [1.165, 1.54) is 6.07 Å². The van der Waals surface area contributed by atoms with Crippen LogP contribution in [0.5, 0.6) is 0 Å². The average molecular weight is 520 g/mol. The summed E-state index contributed by atoms with van der Waals surface area (Å²) in [4.78, 5) is 16.9. The highest BCUT2D eigenvalue weighted by molar-refractivity contribution is 7.95. The number of fused-ring (bicyclic) bond motifs is 1. The summed E-state index contributed by atoms with van der Waals surface area (Å²) in [6.07, 6.45) is 0.0611. The average Bonchev–Trinajstić information content (AvgIpc) is 3.19. The van der Waals surface area contributed by atoms with E-state index < -0.39 is 36.4 Å². The molecule has 3 rings (SSSR count). The summed E-state index contributed by atoms with van der Waals surface area (Å²) < 4.78 is 52.9. The van der Waals surface area contributed by atoms with Gasteiger partial charge in [0.05, 0.1) is 23.7 Å². The van der Waals surface area contributed by atoms with Gasteiger partial charge in [0.2, 0.25) is 5.91 Å². The lowest BCUT2D eigenvalue weighted by atomic mass is 10.1. The predicted octanol–water partition coefficient (Wildman–Crippen LogP) is 1.52. The van der Waals surface area contributed by atoms with Crippen molar-refractivity contribution in [3.8, 4) is 0 Å². The number of hydrogen-bond donors (Lipinski definition) is 4. The second-order valence-corrected chi connectivity index (χ2v) is 13.1. The van der Waals surface area contributed by atoms with Crippen molar-refractivity contribution in [1.82, 2.24) is 15.4 Å². The van der Waals surface area contributed by atoms with Gasteiger partial charge in [-0.25, -0.2) is 26.4 Å². The summed E-state index contributed by atoms with van der Waals surface area (Å²) in [5, 5.41) is 19.3. The van der Waals surface area contributed by atoms with Crippen LogP contribution >= 0.6 is 11.3 Å². The molecule has 0 radical (unpaired) electrons. The van der Waals surface area contributed by atoms with E-state index in [-0.39, 0.29) is 27.5 Å². The van der Waals surface area contributed by atoms with E-state index in [0.717, 1.165) is 0 Å². The summed E-state index contributed by atoms with van der Waals surface area (Å²) >= 11 is 0.643. The Morgan fingerprint density at radius 2 is 1.97 bits per heavy atom. The van der Waals surface area contributed by atoms with Crippen molar-refractivity contribution >= 4 is 37.1 Å². The molecule has 0 fully saturated rings. The smallest absolute Gasteiger partial charge is 0.273 e. The Kier molecular flexibility index (Phi) is 7.91. The molecule has 0 aliphatic carbocycles. The molecule has 2 atom stereocenters. The summed E-state index contributed by atoms with van der Waals surface area (Å²) in [6.45, 7) is 3.88. The van der Waals surface area contributed by atoms with Crippen LogP contribution in [0.25, 0.3) is 0 Å². The maximum atomic E-state index is 12.8. The van der Waals surface area contributed by atoms with Crippen LogP contribution in [0.15, 0.2) is 38.8 Å². The number of hydrogen-bond acceptors (Lipinski definition) is 11. The maximum Gasteiger partial charge on any atom is 0.273 e. The van der Waals surface area contributed by atoms with Crippen LogP contribution < -0.4 is 10.0 Å². The van der Waals surface area contributed by atoms with E-state index in [4.69, 9.17) is 10.4 Å². The number of nitrogens with zero attached hydrogens (tertiary/aromatic N) is 1. The highest BCUT2D eigenvalue weighted by atomic mass is 32.3. The van der Waals surface area contributed by atoms with Gasteiger partial charge in [-0.15, -0.1) is 11.3 Å². The quantitative estimate of drug-likeness (QED) is 0.357. The molecule has 33 heavy (non-hydrogen) atoms. The van der Waals surface area contributed by atoms with Crippen molar-refractivity contribution < 1.29 is 36.9 Å². The molecule has 11 nitrogen and oxygen atoms in total. The van der Waals surface area contributed by atoms with E-state index in [2.05, 4.69) is 10.2 Å². The van der Waals surface area contributed by atoms with Crippen molar-refractivity contribution in [2.75, 3.05) is 6.54 Å². The fraction of sp³-hybridized carbons (Fsp3) is 0.421. The molecule has 1 amide bonds. The number of thiophene rings is 1. The minimum atomic E-state index is -4.28. The molecule has 0 saturated carbocycles. The van der Waals surface area contributed by atoms with Gasteiger partial charge in [0.1, 0.15) is 8.42 Å². The summed E-state index contributed by atoms with van der Waals surface area (Å²) in [5.41, 5.74) is 1.40. The van der Waals surface area contributed by atoms with E-state index in [0.29, 0.717) is 41.0 Å². The molecule has 4 N–H and O–H groups in total. The fourth-order valence-electron chi connectivity index (χ4n) is 3.55. The number of sulfonamides is 1. The van der Waals surface area contributed by atoms with Crippen LogP contribution in [0, 0.1) is 0 Å². The molecule has 14 heteroatoms. The van der Waals surface area contributed by atoms with Gasteiger partial charge in [0.15, 0.2) is 9.84 Å². The van der Waals surface area contributed by atoms with Crippen molar-refractivity contribution in [1.29, 1.82) is 0 Å². The summed E-state index contributed by atoms with van der Waals surface area (Å²) in [6, 6.07) is 7.41. The van der Waals surface area contributed by atoms with Crippen molar-refractivity contribution in [3.05, 3.63) is 47.0 Å². The van der Waals surface area contributed by atoms with Gasteiger partial charge in [-0.3, -0.25) is 15.2 Å². The normalized spacial score (nSPS) is 19.9. The first-order valence-corrected chi connectivity index (χ1v) is 13.8. The molecule has 2 aromatic rings. The van der Waals surface area contributed by atoms with E-state index in [1.807, 2.05) is 11.6 Å². The Balaban J connectivity index is 1.78. The van der Waals surface area contributed by atoms with Crippen LogP contribution in [0.1, 0.15) is 43.0 Å². The third-order valence-electron chi connectivity index (χ3n) is 5.10. The first kappa shape index (κ1) is 25.7. The summed E-state index contributed by atoms with van der Waals surface area (Å²) in [5.74, 6) is -0.801. The van der Waals surface area contributed by atoms with Crippen LogP contribution in [0.3, 0.4) is 0 Å². The Hall–Kier alpha value is -1.91. The van der Waals surface area contributed by atoms with E-state index in [9.17, 15) is 21.6 Å². The van der Waals surface area contributed by atoms with Crippen LogP contribution in [0.2, 0.25) is 0 Å². The van der Waals surface area contributed by atoms with Crippen molar-refractivity contribution in [2.45, 2.75) is 53.0 Å². The largest absolute Gasteiger partial charge is 0.310 e. The molecule has 1 aliphatic heterocycles. The standard InChI is InChI=1S/C19H25N3O8S3/c1-3-20-16-7-12(2)32(26,27)19-15(16)10-18(31-19)33(28,29)21-17(23)9-13-5-4-6-14(8-13)11-30-22(24)25/h4-6,8,10,12,16,20,24-25H,3,7,9,11H2,1-2H3,(H,21,23)/t12?,16-/m0/s1. The number of benzene rings is 1. The SMILES string of the molecule is CCN[C@H]1CC(C)S(=O)(=O)c2sc(S(=O)(=O)NC(=O)Cc3cccc(CON(O)O)c3)cc21. The number of sulfone groups is 1. The fourth-order valence-corrected chi connectivity index (χ4v) is 8.54. The minimum absolute atomic E-state index is 0.00883. The van der Waals surface area contributed by atoms with Crippen LogP contribution in [-0.2, 0) is 42.5 Å². The Bertz CT molecular complexity index is 1220. The van der Waals surface area contributed by atoms with Gasteiger partial charge in [-0.05, 0) is 37.1 Å². The Morgan fingerprint density at radius 3 is 2.64 bits per heavy atom. The topological polar surface area (TPSA) is 162 Å². The van der Waals surface area contributed by atoms with Crippen molar-refractivity contribution in [2.24, 2.45) is 0 Å². The molecule has 1 unspecified atom stereocenters. The van der Waals surface area contributed by atoms with Crippen LogP contribution in [0.4, 0.5) is 0 Å². The number of carbonyl (C=O) groups is 1. The zero-order valence-corrected chi connectivity index (χ0v) is 20.3. The van der Waals surface area contributed by atoms with Gasteiger partial charge in [0, 0.05) is 11.6 Å². The molecule has 2 heterocycles. The number of nitrogens with one attached hydrogen (secondary N) is 2. The van der Waals surface area contributed by atoms with Crippen LogP contribution in [-0.4, -0.2) is 50.3 Å². The monoisotopic (exact) mass is 519 g/mol. The third kappa shape index (κ3) is 5.96. The van der Waals surface area contributed by atoms with Gasteiger partial charge >= 0.3 is 0 Å². The van der Waals surface area contributed by atoms with Gasteiger partial charge in [-0.1, -0.05) is 31.2 Å². The lowest BCUT2D eigenvalue weighted by Crippen LogP contribution is -2.33. The molecule has 0 bridgehead atoms. The second-order valence-electron chi connectivity index (χ2n) is 7.56. The van der Waals surface area contributed by atoms with E-state index in [1.54, 1.807) is 31.2 Å². The molecule has 1 aliphatic rings. The highest BCUT2D eigenvalue weighted by Crippen LogP contribution is 2.42. The minimum Gasteiger partial charge on any atom is -0.310 e. The molecule has 1 aromatic heterocycles. The second kappa shape index (κ2) is 10.1. The predicted molar refractivity (Wildman–Crippen MR) is 118 cm³/mol. The van der Waals surface area contributed by atoms with Gasteiger partial charge in [0.25, 0.3) is 10.0 Å². The zero-order valence-electron chi connectivity index (χ0n) is 17.9. The van der Waals surface area contributed by atoms with Gasteiger partial charge < -0.3 is 5.32 Å². The number of carbonyl (C=O) groups excluding carboxylic acids is 1. The van der Waals surface area contributed by atoms with Crippen molar-refractivity contribution in [3.63, 3.8) is 0 Å². The third-order valence-corrected chi connectivity index (χ3v) is 10.8. The molecular weight excluding hydrogens is 494 g/mol. The molecule has 182 valence electrons. The molecule has 0 spiro atoms. The first-order valence-electron chi connectivity index (χ1n) is 9.99. The summed E-state index contributed by atoms with van der Waals surface area (Å²) in [7, 11) is -7.94. The molecule has 0 saturated heterocycles. The number of rotatable bonds is 9. The molecular formula is C19H25N3O8S3. The van der Waals surface area contributed by atoms with Gasteiger partial charge in [-0.2, -0.15) is 0 Å². The molecule has 1 aromatic carbocycles. The Labute approximate surface area is 195 Å². The maximum absolute atomic E-state index is 12.8. The zero-order chi connectivity index (χ0) is 24.4. The highest BCUT2D eigenvalue weighted by Gasteiger charge is 2.39. The van der Waals surface area contributed by atoms with E-state index >= 15 is 0 Å².